The zero-order valence-electron chi connectivity index (χ0n) is 8.90. The van der Waals surface area contributed by atoms with E-state index in [0.717, 1.165) is 25.2 Å². The molecule has 0 aromatic carbocycles. The van der Waals surface area contributed by atoms with E-state index in [2.05, 4.69) is 4.98 Å². The summed E-state index contributed by atoms with van der Waals surface area (Å²) >= 11 is 0. The minimum atomic E-state index is 0.142. The van der Waals surface area contributed by atoms with Gasteiger partial charge in [0, 0.05) is 25.8 Å². The predicted octanol–water partition coefficient (Wildman–Crippen LogP) is 2.00. The number of carbonyl (C=O) groups is 1. The van der Waals surface area contributed by atoms with Gasteiger partial charge in [0.1, 0.15) is 5.69 Å². The molecule has 1 aromatic heterocycles. The Morgan fingerprint density at radius 1 is 1.67 bits per heavy atom. The molecule has 1 aromatic rings. The number of nitrogens with zero attached hydrogens (tertiary/aromatic N) is 1. The lowest BCUT2D eigenvalue weighted by molar-refractivity contribution is 0.0947. The van der Waals surface area contributed by atoms with E-state index in [-0.39, 0.29) is 5.78 Å². The Labute approximate surface area is 89.5 Å². The summed E-state index contributed by atoms with van der Waals surface area (Å²) in [5, 5.41) is 0. The van der Waals surface area contributed by atoms with E-state index in [0.29, 0.717) is 18.0 Å². The van der Waals surface area contributed by atoms with Gasteiger partial charge in [0.15, 0.2) is 5.78 Å². The minimum Gasteiger partial charge on any atom is -0.381 e. The Bertz CT molecular complexity index is 356. The number of ether oxygens (including phenoxy) is 1. The van der Waals surface area contributed by atoms with Gasteiger partial charge in [-0.25, -0.2) is 0 Å². The van der Waals surface area contributed by atoms with E-state index in [1.54, 1.807) is 6.20 Å². The first-order chi connectivity index (χ1) is 7.27. The first-order valence-corrected chi connectivity index (χ1v) is 5.30. The Balaban J connectivity index is 2.04. The van der Waals surface area contributed by atoms with Crippen molar-refractivity contribution < 1.29 is 9.53 Å². The van der Waals surface area contributed by atoms with Gasteiger partial charge in [-0.3, -0.25) is 9.78 Å². The van der Waals surface area contributed by atoms with Crippen molar-refractivity contribution in [2.45, 2.75) is 19.8 Å². The molecule has 0 saturated carbocycles. The summed E-state index contributed by atoms with van der Waals surface area (Å²) in [5.41, 5.74) is 1.57. The lowest BCUT2D eigenvalue weighted by Gasteiger charge is -2.07. The van der Waals surface area contributed by atoms with Crippen LogP contribution in [0.3, 0.4) is 0 Å². The summed E-state index contributed by atoms with van der Waals surface area (Å²) in [5.74, 6) is 0.530. The summed E-state index contributed by atoms with van der Waals surface area (Å²) in [7, 11) is 0. The zero-order chi connectivity index (χ0) is 10.7. The molecule has 1 aliphatic heterocycles. The number of pyridine rings is 1. The van der Waals surface area contributed by atoms with E-state index in [9.17, 15) is 4.79 Å². The highest BCUT2D eigenvalue weighted by atomic mass is 16.5. The molecular weight excluding hydrogens is 190 g/mol. The van der Waals surface area contributed by atoms with Gasteiger partial charge in [0.25, 0.3) is 0 Å². The molecule has 3 heteroatoms. The van der Waals surface area contributed by atoms with Crippen LogP contribution in [0.1, 0.15) is 28.9 Å². The second-order valence-electron chi connectivity index (χ2n) is 4.03. The molecule has 0 N–H and O–H groups in total. The Hall–Kier alpha value is -1.22. The lowest BCUT2D eigenvalue weighted by atomic mass is 9.98. The molecule has 1 aliphatic rings. The topological polar surface area (TPSA) is 39.2 Å². The van der Waals surface area contributed by atoms with Crippen LogP contribution in [0.2, 0.25) is 0 Å². The van der Waals surface area contributed by atoms with Crippen LogP contribution < -0.4 is 0 Å². The van der Waals surface area contributed by atoms with Crippen molar-refractivity contribution in [2.75, 3.05) is 13.2 Å². The summed E-state index contributed by atoms with van der Waals surface area (Å²) < 4.78 is 5.25. The first kappa shape index (κ1) is 10.3. The van der Waals surface area contributed by atoms with E-state index < -0.39 is 0 Å². The van der Waals surface area contributed by atoms with Crippen LogP contribution in [0.4, 0.5) is 0 Å². The molecule has 0 aliphatic carbocycles. The maximum Gasteiger partial charge on any atom is 0.181 e. The van der Waals surface area contributed by atoms with Crippen LogP contribution in [0, 0.1) is 12.8 Å². The fourth-order valence-corrected chi connectivity index (χ4v) is 1.88. The fourth-order valence-electron chi connectivity index (χ4n) is 1.88. The van der Waals surface area contributed by atoms with Crippen molar-refractivity contribution in [3.05, 3.63) is 29.6 Å². The predicted molar refractivity (Wildman–Crippen MR) is 56.8 cm³/mol. The van der Waals surface area contributed by atoms with Crippen LogP contribution in [0.5, 0.6) is 0 Å². The maximum absolute atomic E-state index is 11.9. The van der Waals surface area contributed by atoms with E-state index in [4.69, 9.17) is 4.74 Å². The largest absolute Gasteiger partial charge is 0.381 e. The van der Waals surface area contributed by atoms with Gasteiger partial charge in [-0.2, -0.15) is 0 Å². The molecule has 2 heterocycles. The van der Waals surface area contributed by atoms with Crippen LogP contribution in [-0.2, 0) is 4.74 Å². The Morgan fingerprint density at radius 3 is 3.20 bits per heavy atom. The smallest absolute Gasteiger partial charge is 0.181 e. The van der Waals surface area contributed by atoms with Gasteiger partial charge in [-0.1, -0.05) is 6.07 Å². The summed E-state index contributed by atoms with van der Waals surface area (Å²) in [6.07, 6.45) is 3.24. The summed E-state index contributed by atoms with van der Waals surface area (Å²) in [4.78, 5) is 16.0. The normalized spacial score (nSPS) is 20.5. The standard InChI is InChI=1S/C12H15NO2/c1-9-3-2-5-13-12(9)11(14)7-10-4-6-15-8-10/h2-3,5,10H,4,6-8H2,1H3. The number of Topliss-reactive ketones (excluding diaryl/α,β-unsaturated/α-hetero) is 1. The molecule has 0 spiro atoms. The third-order valence-corrected chi connectivity index (χ3v) is 2.77. The number of aryl methyl sites for hydroxylation is 1. The van der Waals surface area contributed by atoms with E-state index in [1.807, 2.05) is 19.1 Å². The van der Waals surface area contributed by atoms with Crippen molar-refractivity contribution in [3.63, 3.8) is 0 Å². The van der Waals surface area contributed by atoms with Crippen molar-refractivity contribution in [3.8, 4) is 0 Å². The van der Waals surface area contributed by atoms with E-state index in [1.165, 1.54) is 0 Å². The summed E-state index contributed by atoms with van der Waals surface area (Å²) in [6, 6.07) is 3.77. The highest BCUT2D eigenvalue weighted by Gasteiger charge is 2.21. The van der Waals surface area contributed by atoms with Gasteiger partial charge in [-0.15, -0.1) is 0 Å². The second kappa shape index (κ2) is 4.53. The van der Waals surface area contributed by atoms with Gasteiger partial charge in [0.05, 0.1) is 0 Å². The van der Waals surface area contributed by atoms with Crippen LogP contribution in [0.25, 0.3) is 0 Å². The molecule has 0 radical (unpaired) electrons. The lowest BCUT2D eigenvalue weighted by Crippen LogP contribution is -2.11. The van der Waals surface area contributed by atoms with E-state index >= 15 is 0 Å². The highest BCUT2D eigenvalue weighted by molar-refractivity contribution is 5.95. The first-order valence-electron chi connectivity index (χ1n) is 5.30. The Morgan fingerprint density at radius 2 is 2.53 bits per heavy atom. The SMILES string of the molecule is Cc1cccnc1C(=O)CC1CCOC1. The third kappa shape index (κ3) is 2.42. The fraction of sp³-hybridized carbons (Fsp3) is 0.500. The second-order valence-corrected chi connectivity index (χ2v) is 4.03. The molecule has 0 amide bonds. The molecule has 3 nitrogen and oxygen atoms in total. The molecule has 1 fully saturated rings. The molecular formula is C12H15NO2. The minimum absolute atomic E-state index is 0.142. The number of rotatable bonds is 3. The quantitative estimate of drug-likeness (QED) is 0.708. The average Bonchev–Trinajstić information content (AvgIpc) is 2.71. The number of carbonyl (C=O) groups excluding carboxylic acids is 1. The zero-order valence-corrected chi connectivity index (χ0v) is 8.90. The van der Waals surface area contributed by atoms with Crippen molar-refractivity contribution in [1.29, 1.82) is 0 Å². The number of aromatic nitrogens is 1. The molecule has 1 unspecified atom stereocenters. The van der Waals surface area contributed by atoms with Gasteiger partial charge >= 0.3 is 0 Å². The van der Waals surface area contributed by atoms with Gasteiger partial charge < -0.3 is 4.74 Å². The van der Waals surface area contributed by atoms with Crippen LogP contribution in [-0.4, -0.2) is 24.0 Å². The third-order valence-electron chi connectivity index (χ3n) is 2.77. The summed E-state index contributed by atoms with van der Waals surface area (Å²) in [6.45, 7) is 3.43. The highest BCUT2D eigenvalue weighted by Crippen LogP contribution is 2.19. The number of ketones is 1. The molecule has 1 atom stereocenters. The van der Waals surface area contributed by atoms with Crippen LogP contribution >= 0.6 is 0 Å². The average molecular weight is 205 g/mol. The van der Waals surface area contributed by atoms with Crippen molar-refractivity contribution in [1.82, 2.24) is 4.98 Å². The molecule has 2 rings (SSSR count). The maximum atomic E-state index is 11.9. The number of hydrogen-bond donors (Lipinski definition) is 0. The molecule has 1 saturated heterocycles. The Kier molecular flexibility index (Phi) is 3.11. The van der Waals surface area contributed by atoms with Crippen molar-refractivity contribution >= 4 is 5.78 Å². The number of hydrogen-bond acceptors (Lipinski definition) is 3. The molecule has 80 valence electrons. The van der Waals surface area contributed by atoms with Crippen molar-refractivity contribution in [2.24, 2.45) is 5.92 Å². The van der Waals surface area contributed by atoms with Gasteiger partial charge in [-0.05, 0) is 30.9 Å². The molecule has 0 bridgehead atoms. The monoisotopic (exact) mass is 205 g/mol. The van der Waals surface area contributed by atoms with Crippen LogP contribution in [0.15, 0.2) is 18.3 Å². The molecule has 15 heavy (non-hydrogen) atoms. The van der Waals surface area contributed by atoms with Gasteiger partial charge in [0.2, 0.25) is 0 Å².